The number of carbonyl (C=O) groups excluding carboxylic acids is 2. The lowest BCUT2D eigenvalue weighted by Crippen LogP contribution is -2.31. The van der Waals surface area contributed by atoms with Gasteiger partial charge in [-0.1, -0.05) is 18.2 Å². The van der Waals surface area contributed by atoms with Crippen molar-refractivity contribution in [2.45, 2.75) is 25.8 Å². The highest BCUT2D eigenvalue weighted by molar-refractivity contribution is 6.05. The highest BCUT2D eigenvalue weighted by Gasteiger charge is 2.33. The molecule has 1 fully saturated rings. The number of benzene rings is 1. The van der Waals surface area contributed by atoms with Gasteiger partial charge in [-0.15, -0.1) is 0 Å². The molecule has 2 aromatic rings. The number of aromatic nitrogens is 1. The first-order valence-electron chi connectivity index (χ1n) is 8.97. The molecule has 1 saturated carbocycles. The summed E-state index contributed by atoms with van der Waals surface area (Å²) in [7, 11) is 1.66. The van der Waals surface area contributed by atoms with Gasteiger partial charge in [0.25, 0.3) is 12.3 Å². The summed E-state index contributed by atoms with van der Waals surface area (Å²) in [6.07, 6.45) is 0.565. The highest BCUT2D eigenvalue weighted by Crippen LogP contribution is 2.33. The summed E-state index contributed by atoms with van der Waals surface area (Å²) in [5.74, 6) is -0.298. The van der Waals surface area contributed by atoms with E-state index in [-0.39, 0.29) is 30.2 Å². The number of para-hydroxylation sites is 1. The van der Waals surface area contributed by atoms with Gasteiger partial charge in [0.05, 0.1) is 11.3 Å². The Morgan fingerprint density at radius 1 is 1.25 bits per heavy atom. The topological polar surface area (TPSA) is 71.5 Å². The first-order chi connectivity index (χ1) is 13.5. The zero-order chi connectivity index (χ0) is 20.1. The molecule has 1 N–H and O–H groups in total. The fraction of sp³-hybridized carbons (Fsp3) is 0.350. The third kappa shape index (κ3) is 4.82. The molecular formula is C20H21F2N3O3. The van der Waals surface area contributed by atoms with Crippen molar-refractivity contribution in [1.29, 1.82) is 0 Å². The minimum atomic E-state index is -2.61. The Labute approximate surface area is 161 Å². The van der Waals surface area contributed by atoms with Crippen LogP contribution in [0.4, 0.5) is 14.5 Å². The molecule has 1 aromatic heterocycles. The first-order valence-corrected chi connectivity index (χ1v) is 8.97. The summed E-state index contributed by atoms with van der Waals surface area (Å²) >= 11 is 0. The van der Waals surface area contributed by atoms with E-state index in [0.29, 0.717) is 16.8 Å². The second kappa shape index (κ2) is 8.77. The van der Waals surface area contributed by atoms with Crippen molar-refractivity contribution in [3.05, 3.63) is 53.7 Å². The smallest absolute Gasteiger partial charge is 0.272 e. The molecule has 1 aliphatic carbocycles. The number of halogens is 2. The van der Waals surface area contributed by atoms with Gasteiger partial charge in [-0.25, -0.2) is 13.8 Å². The van der Waals surface area contributed by atoms with Crippen LogP contribution in [0.15, 0.2) is 42.6 Å². The van der Waals surface area contributed by atoms with E-state index in [0.717, 1.165) is 12.8 Å². The summed E-state index contributed by atoms with van der Waals surface area (Å²) in [6, 6.07) is 10.1. The first kappa shape index (κ1) is 19.7. The third-order valence-corrected chi connectivity index (χ3v) is 4.40. The lowest BCUT2D eigenvalue weighted by molar-refractivity contribution is -0.119. The maximum absolute atomic E-state index is 12.7. The second-order valence-electron chi connectivity index (χ2n) is 6.54. The predicted molar refractivity (Wildman–Crippen MR) is 99.5 cm³/mol. The van der Waals surface area contributed by atoms with Crippen LogP contribution in [0.2, 0.25) is 0 Å². The van der Waals surface area contributed by atoms with Gasteiger partial charge in [0.2, 0.25) is 11.8 Å². The van der Waals surface area contributed by atoms with Crippen LogP contribution in [-0.4, -0.2) is 36.9 Å². The van der Waals surface area contributed by atoms with Crippen LogP contribution >= 0.6 is 0 Å². The molecule has 6 nitrogen and oxygen atoms in total. The highest BCUT2D eigenvalue weighted by atomic mass is 19.3. The van der Waals surface area contributed by atoms with Crippen LogP contribution in [0.25, 0.3) is 0 Å². The molecule has 0 atom stereocenters. The average Bonchev–Trinajstić information content (AvgIpc) is 3.55. The van der Waals surface area contributed by atoms with E-state index in [1.165, 1.54) is 11.1 Å². The van der Waals surface area contributed by atoms with E-state index in [9.17, 15) is 18.4 Å². The Hall–Kier alpha value is -3.03. The summed E-state index contributed by atoms with van der Waals surface area (Å²) in [5, 5.41) is 2.74. The number of amides is 2. The Morgan fingerprint density at radius 2 is 2.00 bits per heavy atom. The Morgan fingerprint density at radius 3 is 2.71 bits per heavy atom. The molecule has 1 aliphatic rings. The van der Waals surface area contributed by atoms with Crippen LogP contribution in [0, 0.1) is 5.92 Å². The molecule has 0 saturated heterocycles. The maximum Gasteiger partial charge on any atom is 0.272 e. The molecule has 1 heterocycles. The van der Waals surface area contributed by atoms with Crippen LogP contribution in [-0.2, 0) is 11.3 Å². The molecular weight excluding hydrogens is 368 g/mol. The van der Waals surface area contributed by atoms with Crippen molar-refractivity contribution in [3.63, 3.8) is 0 Å². The molecule has 8 heteroatoms. The van der Waals surface area contributed by atoms with Crippen molar-refractivity contribution in [3.8, 4) is 5.88 Å². The number of anilines is 1. The lowest BCUT2D eigenvalue weighted by atomic mass is 10.1. The van der Waals surface area contributed by atoms with Gasteiger partial charge in [-0.3, -0.25) is 9.59 Å². The fourth-order valence-corrected chi connectivity index (χ4v) is 2.78. The van der Waals surface area contributed by atoms with Gasteiger partial charge < -0.3 is 15.0 Å². The van der Waals surface area contributed by atoms with Crippen LogP contribution in [0.1, 0.15) is 28.8 Å². The number of alkyl halides is 2. The van der Waals surface area contributed by atoms with Gasteiger partial charge in [-0.05, 0) is 31.0 Å². The van der Waals surface area contributed by atoms with Gasteiger partial charge in [0.1, 0.15) is 0 Å². The normalized spacial score (nSPS) is 13.3. The van der Waals surface area contributed by atoms with Crippen LogP contribution < -0.4 is 15.0 Å². The molecule has 0 aliphatic heterocycles. The van der Waals surface area contributed by atoms with Gasteiger partial charge >= 0.3 is 0 Å². The zero-order valence-electron chi connectivity index (χ0n) is 15.4. The Kier molecular flexibility index (Phi) is 6.18. The van der Waals surface area contributed by atoms with E-state index in [2.05, 4.69) is 10.3 Å². The van der Waals surface area contributed by atoms with E-state index in [4.69, 9.17) is 4.74 Å². The Balaban J connectivity index is 1.70. The number of rotatable bonds is 8. The number of ether oxygens (including phenoxy) is 1. The molecule has 148 valence electrons. The van der Waals surface area contributed by atoms with Crippen molar-refractivity contribution in [2.24, 2.45) is 5.92 Å². The number of nitrogens with zero attached hydrogens (tertiary/aromatic N) is 2. The number of hydrogen-bond donors (Lipinski definition) is 1. The summed E-state index contributed by atoms with van der Waals surface area (Å²) in [6.45, 7) is -0.714. The fourth-order valence-electron chi connectivity index (χ4n) is 2.78. The molecule has 0 radical (unpaired) electrons. The van der Waals surface area contributed by atoms with Crippen molar-refractivity contribution >= 4 is 17.5 Å². The summed E-state index contributed by atoms with van der Waals surface area (Å²) < 4.78 is 29.8. The third-order valence-electron chi connectivity index (χ3n) is 4.40. The van der Waals surface area contributed by atoms with Gasteiger partial charge in [0.15, 0.2) is 6.61 Å². The predicted octanol–water partition coefficient (Wildman–Crippen LogP) is 3.03. The number of nitrogens with one attached hydrogen (secondary N) is 1. The summed E-state index contributed by atoms with van der Waals surface area (Å²) in [5.41, 5.74) is 1.37. The van der Waals surface area contributed by atoms with E-state index >= 15 is 0 Å². The quantitative estimate of drug-likeness (QED) is 0.753. The number of carbonyl (C=O) groups is 2. The van der Waals surface area contributed by atoms with Crippen molar-refractivity contribution in [2.75, 3.05) is 18.6 Å². The minimum Gasteiger partial charge on any atom is -0.471 e. The molecule has 3 rings (SSSR count). The van der Waals surface area contributed by atoms with Crippen LogP contribution in [0.3, 0.4) is 0 Å². The molecule has 1 aromatic carbocycles. The second-order valence-corrected chi connectivity index (χ2v) is 6.54. The molecule has 0 spiro atoms. The zero-order valence-corrected chi connectivity index (χ0v) is 15.4. The van der Waals surface area contributed by atoms with Gasteiger partial charge in [0, 0.05) is 31.3 Å². The Bertz CT molecular complexity index is 856. The standard InChI is InChI=1S/C20H21F2N3O3/c1-25(20(27)13-8-9-13)16-7-3-2-6-15(16)18(26)24-11-14-5-4-10-23-19(14)28-12-17(21)22/h2-7,10,13,17H,8-9,11-12H2,1H3,(H,24,26). The van der Waals surface area contributed by atoms with E-state index in [1.54, 1.807) is 43.4 Å². The maximum atomic E-state index is 12.7. The minimum absolute atomic E-state index is 0.00445. The van der Waals surface area contributed by atoms with E-state index < -0.39 is 13.0 Å². The van der Waals surface area contributed by atoms with Gasteiger partial charge in [-0.2, -0.15) is 0 Å². The lowest BCUT2D eigenvalue weighted by Gasteiger charge is -2.20. The van der Waals surface area contributed by atoms with E-state index in [1.807, 2.05) is 0 Å². The number of hydrogen-bond acceptors (Lipinski definition) is 4. The molecule has 2 amide bonds. The average molecular weight is 389 g/mol. The molecule has 0 bridgehead atoms. The SMILES string of the molecule is CN(C(=O)C1CC1)c1ccccc1C(=O)NCc1cccnc1OCC(F)F. The molecule has 0 unspecified atom stereocenters. The van der Waals surface area contributed by atoms with Crippen molar-refractivity contribution in [1.82, 2.24) is 10.3 Å². The van der Waals surface area contributed by atoms with Crippen molar-refractivity contribution < 1.29 is 23.1 Å². The number of pyridine rings is 1. The monoisotopic (exact) mass is 389 g/mol. The molecule has 28 heavy (non-hydrogen) atoms. The largest absolute Gasteiger partial charge is 0.471 e. The van der Waals surface area contributed by atoms with Crippen LogP contribution in [0.5, 0.6) is 5.88 Å². The summed E-state index contributed by atoms with van der Waals surface area (Å²) in [4.78, 5) is 30.5.